The van der Waals surface area contributed by atoms with E-state index >= 15 is 0 Å². The lowest BCUT2D eigenvalue weighted by Gasteiger charge is -2.21. The van der Waals surface area contributed by atoms with Crippen LogP contribution in [-0.4, -0.2) is 42.3 Å². The molecule has 7 nitrogen and oxygen atoms in total. The van der Waals surface area contributed by atoms with Crippen molar-refractivity contribution < 1.29 is 13.9 Å². The lowest BCUT2D eigenvalue weighted by atomic mass is 10.1. The van der Waals surface area contributed by atoms with Gasteiger partial charge >= 0.3 is 0 Å². The Morgan fingerprint density at radius 2 is 1.97 bits per heavy atom. The molecule has 4 rings (SSSR count). The van der Waals surface area contributed by atoms with Gasteiger partial charge in [0.2, 0.25) is 0 Å². The molecule has 0 spiro atoms. The highest BCUT2D eigenvalue weighted by Gasteiger charge is 2.19. The van der Waals surface area contributed by atoms with Crippen LogP contribution < -0.4 is 4.90 Å². The number of halogens is 2. The van der Waals surface area contributed by atoms with Gasteiger partial charge in [0.25, 0.3) is 5.78 Å². The topological polar surface area (TPSA) is 79.4 Å². The quantitative estimate of drug-likeness (QED) is 0.527. The highest BCUT2D eigenvalue weighted by atomic mass is 19.1. The van der Waals surface area contributed by atoms with E-state index in [-0.39, 0.29) is 17.0 Å². The number of rotatable bonds is 2. The summed E-state index contributed by atoms with van der Waals surface area (Å²) in [7, 11) is 1.64. The molecule has 29 heavy (non-hydrogen) atoms. The van der Waals surface area contributed by atoms with Crippen LogP contribution in [0.3, 0.4) is 0 Å². The second-order valence-electron chi connectivity index (χ2n) is 7.02. The number of aliphatic hydroxyl groups is 1. The first-order chi connectivity index (χ1) is 13.7. The lowest BCUT2D eigenvalue weighted by molar-refractivity contribution is 0.143. The van der Waals surface area contributed by atoms with Gasteiger partial charge < -0.3 is 10.0 Å². The minimum absolute atomic E-state index is 0.197. The standard InChI is InChI=1S/C20H16F2N6O/c1-20(2,29)5-4-12-6-13(21)8-14(7-12)27(3)18-17-15(22)9-23-10-16(17)28-11-24-26-19(28)25-18/h6-11,29H,1-3H3. The summed E-state index contributed by atoms with van der Waals surface area (Å²) in [5.74, 6) is 4.78. The van der Waals surface area contributed by atoms with Gasteiger partial charge in [0.1, 0.15) is 23.6 Å². The van der Waals surface area contributed by atoms with E-state index < -0.39 is 17.2 Å². The molecule has 0 saturated carbocycles. The predicted molar refractivity (Wildman–Crippen MR) is 104 cm³/mol. The molecule has 3 heterocycles. The number of fused-ring (bicyclic) bond motifs is 3. The van der Waals surface area contributed by atoms with Crippen molar-refractivity contribution in [1.29, 1.82) is 0 Å². The maximum absolute atomic E-state index is 14.7. The highest BCUT2D eigenvalue weighted by molar-refractivity contribution is 5.93. The van der Waals surface area contributed by atoms with Crippen LogP contribution in [-0.2, 0) is 0 Å². The summed E-state index contributed by atoms with van der Waals surface area (Å²) >= 11 is 0. The lowest BCUT2D eigenvalue weighted by Crippen LogP contribution is -2.15. The first-order valence-corrected chi connectivity index (χ1v) is 8.66. The maximum Gasteiger partial charge on any atom is 0.257 e. The molecule has 0 atom stereocenters. The third kappa shape index (κ3) is 3.58. The Morgan fingerprint density at radius 3 is 2.72 bits per heavy atom. The molecule has 9 heteroatoms. The van der Waals surface area contributed by atoms with E-state index in [4.69, 9.17) is 0 Å². The number of pyridine rings is 1. The summed E-state index contributed by atoms with van der Waals surface area (Å²) < 4.78 is 30.4. The summed E-state index contributed by atoms with van der Waals surface area (Å²) in [5.41, 5.74) is -0.0199. The van der Waals surface area contributed by atoms with E-state index in [0.29, 0.717) is 16.8 Å². The first-order valence-electron chi connectivity index (χ1n) is 8.66. The van der Waals surface area contributed by atoms with E-state index in [0.717, 1.165) is 6.20 Å². The Balaban J connectivity index is 1.90. The third-order valence-electron chi connectivity index (χ3n) is 4.20. The van der Waals surface area contributed by atoms with Gasteiger partial charge in [0.15, 0.2) is 5.82 Å². The van der Waals surface area contributed by atoms with Crippen LogP contribution in [0.15, 0.2) is 36.9 Å². The monoisotopic (exact) mass is 394 g/mol. The molecule has 0 aliphatic rings. The Kier molecular flexibility index (Phi) is 4.36. The van der Waals surface area contributed by atoms with Crippen molar-refractivity contribution in [1.82, 2.24) is 24.6 Å². The zero-order valence-electron chi connectivity index (χ0n) is 15.9. The van der Waals surface area contributed by atoms with Crippen LogP contribution in [0, 0.1) is 23.5 Å². The van der Waals surface area contributed by atoms with Crippen molar-refractivity contribution in [3.8, 4) is 11.8 Å². The Bertz CT molecular complexity index is 1300. The number of hydrogen-bond acceptors (Lipinski definition) is 6. The van der Waals surface area contributed by atoms with E-state index in [2.05, 4.69) is 32.0 Å². The minimum atomic E-state index is -1.22. The van der Waals surface area contributed by atoms with Crippen molar-refractivity contribution in [3.05, 3.63) is 54.1 Å². The zero-order chi connectivity index (χ0) is 20.8. The van der Waals surface area contributed by atoms with E-state index in [1.54, 1.807) is 18.0 Å². The molecule has 0 aliphatic heterocycles. The smallest absolute Gasteiger partial charge is 0.257 e. The molecule has 0 amide bonds. The van der Waals surface area contributed by atoms with Gasteiger partial charge in [-0.15, -0.1) is 10.2 Å². The molecule has 0 unspecified atom stereocenters. The molecule has 0 saturated heterocycles. The van der Waals surface area contributed by atoms with Crippen molar-refractivity contribution in [2.24, 2.45) is 0 Å². The Labute approximate surface area is 164 Å². The SMILES string of the molecule is CN(c1cc(F)cc(C#CC(C)(C)O)c1)c1nc2nncn2c2cncc(F)c12. The van der Waals surface area contributed by atoms with Crippen LogP contribution in [0.1, 0.15) is 19.4 Å². The van der Waals surface area contributed by atoms with Crippen LogP contribution in [0.5, 0.6) is 0 Å². The van der Waals surface area contributed by atoms with Gasteiger partial charge in [0.05, 0.1) is 23.3 Å². The molecule has 146 valence electrons. The summed E-state index contributed by atoms with van der Waals surface area (Å²) in [4.78, 5) is 9.83. The average Bonchev–Trinajstić information content (AvgIpc) is 3.13. The Hall–Kier alpha value is -3.64. The minimum Gasteiger partial charge on any atom is -0.378 e. The molecule has 0 fully saturated rings. The van der Waals surface area contributed by atoms with Crippen LogP contribution >= 0.6 is 0 Å². The summed E-state index contributed by atoms with van der Waals surface area (Å²) in [6.45, 7) is 3.07. The molecular formula is C20H16F2N6O. The van der Waals surface area contributed by atoms with Gasteiger partial charge in [-0.05, 0) is 32.0 Å². The van der Waals surface area contributed by atoms with Gasteiger partial charge in [-0.1, -0.05) is 11.8 Å². The second kappa shape index (κ2) is 6.76. The van der Waals surface area contributed by atoms with Crippen molar-refractivity contribution in [3.63, 3.8) is 0 Å². The number of nitrogens with zero attached hydrogens (tertiary/aromatic N) is 6. The molecule has 1 aromatic carbocycles. The fourth-order valence-electron chi connectivity index (χ4n) is 2.88. The summed E-state index contributed by atoms with van der Waals surface area (Å²) in [5, 5.41) is 17.7. The number of benzene rings is 1. The Morgan fingerprint density at radius 1 is 1.17 bits per heavy atom. The molecule has 0 aliphatic carbocycles. The number of anilines is 2. The maximum atomic E-state index is 14.7. The van der Waals surface area contributed by atoms with E-state index in [1.165, 1.54) is 42.9 Å². The fourth-order valence-corrected chi connectivity index (χ4v) is 2.88. The molecule has 4 aromatic rings. The van der Waals surface area contributed by atoms with Gasteiger partial charge in [-0.25, -0.2) is 8.78 Å². The molecule has 0 bridgehead atoms. The van der Waals surface area contributed by atoms with Gasteiger partial charge in [-0.3, -0.25) is 9.38 Å². The van der Waals surface area contributed by atoms with Crippen molar-refractivity contribution in [2.45, 2.75) is 19.4 Å². The van der Waals surface area contributed by atoms with Gasteiger partial charge in [-0.2, -0.15) is 4.98 Å². The van der Waals surface area contributed by atoms with Gasteiger partial charge in [0, 0.05) is 18.3 Å². The normalized spacial score (nSPS) is 11.5. The molecule has 0 radical (unpaired) electrons. The van der Waals surface area contributed by atoms with E-state index in [9.17, 15) is 13.9 Å². The van der Waals surface area contributed by atoms with Crippen LogP contribution in [0.2, 0.25) is 0 Å². The second-order valence-corrected chi connectivity index (χ2v) is 7.02. The highest BCUT2D eigenvalue weighted by Crippen LogP contribution is 2.32. The summed E-state index contributed by atoms with van der Waals surface area (Å²) in [6.07, 6.45) is 3.99. The third-order valence-corrected chi connectivity index (χ3v) is 4.20. The molecular weight excluding hydrogens is 378 g/mol. The zero-order valence-corrected chi connectivity index (χ0v) is 15.9. The average molecular weight is 394 g/mol. The van der Waals surface area contributed by atoms with Crippen LogP contribution in [0.4, 0.5) is 20.3 Å². The van der Waals surface area contributed by atoms with Crippen molar-refractivity contribution in [2.75, 3.05) is 11.9 Å². The van der Waals surface area contributed by atoms with E-state index in [1.807, 2.05) is 0 Å². The summed E-state index contributed by atoms with van der Waals surface area (Å²) in [6, 6.07) is 4.17. The number of hydrogen-bond donors (Lipinski definition) is 1. The fraction of sp³-hybridized carbons (Fsp3) is 0.200. The molecule has 3 aromatic heterocycles. The first kappa shape index (κ1) is 18.7. The van der Waals surface area contributed by atoms with Crippen molar-refractivity contribution >= 4 is 28.2 Å². The predicted octanol–water partition coefficient (Wildman–Crippen LogP) is 2.84. The largest absolute Gasteiger partial charge is 0.378 e. The number of aromatic nitrogens is 5. The van der Waals surface area contributed by atoms with Crippen LogP contribution in [0.25, 0.3) is 16.7 Å². The molecule has 1 N–H and O–H groups in total.